The van der Waals surface area contributed by atoms with Crippen molar-refractivity contribution in [3.63, 3.8) is 0 Å². The van der Waals surface area contributed by atoms with Gasteiger partial charge in [-0.25, -0.2) is 9.97 Å². The summed E-state index contributed by atoms with van der Waals surface area (Å²) in [6.45, 7) is 8.14. The van der Waals surface area contributed by atoms with Gasteiger partial charge in [-0.1, -0.05) is 16.8 Å². The molecular weight excluding hydrogens is 476 g/mol. The lowest BCUT2D eigenvalue weighted by molar-refractivity contribution is 0.310. The summed E-state index contributed by atoms with van der Waals surface area (Å²) in [4.78, 5) is 16.8. The summed E-state index contributed by atoms with van der Waals surface area (Å²) < 4.78 is 11.5. The third kappa shape index (κ3) is 4.54. The number of halogens is 1. The molecule has 1 aromatic carbocycles. The molecule has 36 heavy (non-hydrogen) atoms. The van der Waals surface area contributed by atoms with Crippen molar-refractivity contribution in [3.05, 3.63) is 64.3 Å². The second kappa shape index (κ2) is 10.2. The summed E-state index contributed by atoms with van der Waals surface area (Å²) in [7, 11) is 1.93. The van der Waals surface area contributed by atoms with Crippen molar-refractivity contribution >= 4 is 23.1 Å². The summed E-state index contributed by atoms with van der Waals surface area (Å²) in [5.74, 6) is 2.78. The number of fused-ring (bicyclic) bond motifs is 1. The molecule has 0 spiro atoms. The van der Waals surface area contributed by atoms with Crippen LogP contribution in [0.2, 0.25) is 5.02 Å². The quantitative estimate of drug-likeness (QED) is 0.317. The molecule has 1 aliphatic rings. The molecule has 4 aromatic rings. The lowest BCUT2D eigenvalue weighted by Crippen LogP contribution is -2.18. The fraction of sp³-hybridized carbons (Fsp3) is 0.333. The van der Waals surface area contributed by atoms with E-state index in [-0.39, 0.29) is 0 Å². The number of hydrogen-bond donors (Lipinski definition) is 1. The molecule has 0 saturated heterocycles. The molecule has 1 aliphatic heterocycles. The number of aryl methyl sites for hydroxylation is 2. The van der Waals surface area contributed by atoms with E-state index in [0.29, 0.717) is 28.8 Å². The third-order valence-electron chi connectivity index (χ3n) is 6.39. The van der Waals surface area contributed by atoms with Gasteiger partial charge in [0, 0.05) is 30.3 Å². The van der Waals surface area contributed by atoms with Crippen LogP contribution in [0.5, 0.6) is 5.75 Å². The Labute approximate surface area is 215 Å². The maximum atomic E-state index is 6.69. The minimum Gasteiger partial charge on any atom is -0.494 e. The van der Waals surface area contributed by atoms with Crippen LogP contribution in [0.25, 0.3) is 22.6 Å². The van der Waals surface area contributed by atoms with Gasteiger partial charge >= 0.3 is 0 Å². The average Bonchev–Trinajstić information content (AvgIpc) is 3.46. The van der Waals surface area contributed by atoms with Crippen LogP contribution in [0.15, 0.2) is 41.1 Å². The van der Waals surface area contributed by atoms with Gasteiger partial charge in [-0.3, -0.25) is 4.98 Å². The molecule has 0 unspecified atom stereocenters. The fourth-order valence-corrected chi connectivity index (χ4v) is 4.79. The van der Waals surface area contributed by atoms with Crippen molar-refractivity contribution in [2.24, 2.45) is 0 Å². The molecule has 1 N–H and O–H groups in total. The number of aromatic nitrogens is 4. The minimum atomic E-state index is 0.522. The van der Waals surface area contributed by atoms with Gasteiger partial charge in [0.15, 0.2) is 5.82 Å². The van der Waals surface area contributed by atoms with Crippen LogP contribution < -0.4 is 15.0 Å². The number of ether oxygens (including phenoxy) is 1. The van der Waals surface area contributed by atoms with E-state index in [9.17, 15) is 0 Å². The maximum Gasteiger partial charge on any atom is 0.163 e. The molecule has 8 nitrogen and oxygen atoms in total. The van der Waals surface area contributed by atoms with E-state index in [1.54, 1.807) is 0 Å². The molecule has 0 atom stereocenters. The molecule has 186 valence electrons. The van der Waals surface area contributed by atoms with Crippen molar-refractivity contribution in [3.8, 4) is 28.4 Å². The van der Waals surface area contributed by atoms with Gasteiger partial charge in [-0.2, -0.15) is 0 Å². The van der Waals surface area contributed by atoms with Crippen LogP contribution >= 0.6 is 11.6 Å². The Balaban J connectivity index is 1.65. The lowest BCUT2D eigenvalue weighted by atomic mass is 10.0. The van der Waals surface area contributed by atoms with Crippen molar-refractivity contribution in [2.75, 3.05) is 31.6 Å². The molecule has 0 fully saturated rings. The average molecular weight is 505 g/mol. The van der Waals surface area contributed by atoms with Crippen LogP contribution in [-0.4, -0.2) is 46.9 Å². The molecule has 0 aliphatic carbocycles. The Hall–Kier alpha value is -3.49. The Morgan fingerprint density at radius 1 is 1.17 bits per heavy atom. The highest BCUT2D eigenvalue weighted by Crippen LogP contribution is 2.40. The van der Waals surface area contributed by atoms with Crippen LogP contribution in [0, 0.1) is 20.8 Å². The smallest absolute Gasteiger partial charge is 0.163 e. The van der Waals surface area contributed by atoms with Gasteiger partial charge in [-0.05, 0) is 71.1 Å². The third-order valence-corrected chi connectivity index (χ3v) is 6.72. The zero-order valence-electron chi connectivity index (χ0n) is 20.9. The van der Waals surface area contributed by atoms with Crippen molar-refractivity contribution in [1.82, 2.24) is 25.4 Å². The SMILES string of the molecule is CNCCCOc1ccc(Cl)c(-c2nc(-c3c(C)noc3C)c(C)c(N3CCc4ncccc43)n2)c1. The van der Waals surface area contributed by atoms with Crippen LogP contribution in [0.4, 0.5) is 11.5 Å². The predicted octanol–water partition coefficient (Wildman–Crippen LogP) is 5.45. The number of anilines is 2. The highest BCUT2D eigenvalue weighted by molar-refractivity contribution is 6.33. The van der Waals surface area contributed by atoms with Crippen LogP contribution in [0.1, 0.15) is 29.1 Å². The Bertz CT molecular complexity index is 1380. The molecule has 9 heteroatoms. The van der Waals surface area contributed by atoms with E-state index in [0.717, 1.165) is 71.4 Å². The van der Waals surface area contributed by atoms with Gasteiger partial charge in [0.1, 0.15) is 17.3 Å². The number of pyridine rings is 1. The highest BCUT2D eigenvalue weighted by Gasteiger charge is 2.28. The Morgan fingerprint density at radius 3 is 2.81 bits per heavy atom. The van der Waals surface area contributed by atoms with Gasteiger partial charge in [0.25, 0.3) is 0 Å². The van der Waals surface area contributed by atoms with E-state index in [1.807, 2.05) is 58.3 Å². The topological polar surface area (TPSA) is 89.2 Å². The lowest BCUT2D eigenvalue weighted by Gasteiger charge is -2.22. The molecule has 0 radical (unpaired) electrons. The van der Waals surface area contributed by atoms with E-state index in [4.69, 9.17) is 30.8 Å². The number of rotatable bonds is 8. The zero-order valence-corrected chi connectivity index (χ0v) is 21.7. The summed E-state index contributed by atoms with van der Waals surface area (Å²) in [5, 5.41) is 7.86. The van der Waals surface area contributed by atoms with E-state index >= 15 is 0 Å². The monoisotopic (exact) mass is 504 g/mol. The maximum absolute atomic E-state index is 6.69. The van der Waals surface area contributed by atoms with Gasteiger partial charge < -0.3 is 19.5 Å². The molecule has 0 bridgehead atoms. The molecule has 0 saturated carbocycles. The first-order valence-corrected chi connectivity index (χ1v) is 12.5. The van der Waals surface area contributed by atoms with Crippen LogP contribution in [0.3, 0.4) is 0 Å². The molecule has 3 aromatic heterocycles. The fourth-order valence-electron chi connectivity index (χ4n) is 4.58. The van der Waals surface area contributed by atoms with Crippen molar-refractivity contribution in [2.45, 2.75) is 33.6 Å². The standard InChI is InChI=1S/C27H29ClN6O2/c1-16-25(24-17(2)33-36-18(24)3)31-26(20-15-19(8-9-21(20)28)35-14-6-11-29-4)32-27(16)34-13-10-22-23(34)7-5-12-30-22/h5,7-9,12,15,29H,6,10-11,13-14H2,1-4H3. The largest absolute Gasteiger partial charge is 0.494 e. The number of benzene rings is 1. The zero-order chi connectivity index (χ0) is 25.2. The summed E-state index contributed by atoms with van der Waals surface area (Å²) in [6.07, 6.45) is 3.59. The molecule has 5 rings (SSSR count). The summed E-state index contributed by atoms with van der Waals surface area (Å²) >= 11 is 6.69. The summed E-state index contributed by atoms with van der Waals surface area (Å²) in [6, 6.07) is 9.65. The van der Waals surface area contributed by atoms with E-state index in [1.165, 1.54) is 0 Å². The van der Waals surface area contributed by atoms with Crippen molar-refractivity contribution < 1.29 is 9.26 Å². The van der Waals surface area contributed by atoms with E-state index < -0.39 is 0 Å². The number of nitrogens with one attached hydrogen (secondary N) is 1. The van der Waals surface area contributed by atoms with Gasteiger partial charge in [0.2, 0.25) is 0 Å². The molecular formula is C27H29ClN6O2. The molecule has 4 heterocycles. The van der Waals surface area contributed by atoms with Gasteiger partial charge in [0.05, 0.1) is 40.0 Å². The molecule has 0 amide bonds. The normalized spacial score (nSPS) is 12.8. The summed E-state index contributed by atoms with van der Waals surface area (Å²) in [5.41, 5.74) is 6.21. The second-order valence-electron chi connectivity index (χ2n) is 8.86. The second-order valence-corrected chi connectivity index (χ2v) is 9.27. The number of nitrogens with zero attached hydrogens (tertiary/aromatic N) is 5. The Morgan fingerprint density at radius 2 is 2.03 bits per heavy atom. The highest BCUT2D eigenvalue weighted by atomic mass is 35.5. The first-order chi connectivity index (χ1) is 17.5. The first kappa shape index (κ1) is 24.2. The Kier molecular flexibility index (Phi) is 6.89. The first-order valence-electron chi connectivity index (χ1n) is 12.1. The minimum absolute atomic E-state index is 0.522. The van der Waals surface area contributed by atoms with Gasteiger partial charge in [-0.15, -0.1) is 0 Å². The number of hydrogen-bond acceptors (Lipinski definition) is 8. The van der Waals surface area contributed by atoms with Crippen LogP contribution in [-0.2, 0) is 6.42 Å². The van der Waals surface area contributed by atoms with E-state index in [2.05, 4.69) is 26.4 Å². The van der Waals surface area contributed by atoms with Crippen molar-refractivity contribution in [1.29, 1.82) is 0 Å². The predicted molar refractivity (Wildman–Crippen MR) is 141 cm³/mol.